The number of benzene rings is 3. The van der Waals surface area contributed by atoms with E-state index in [2.05, 4.69) is 39.3 Å². The molecular formula is C28H32N6O4. The molecule has 0 fully saturated rings. The number of rotatable bonds is 10. The third-order valence-corrected chi connectivity index (χ3v) is 6.37. The van der Waals surface area contributed by atoms with E-state index in [4.69, 9.17) is 10.5 Å². The lowest BCUT2D eigenvalue weighted by molar-refractivity contribution is -0.125. The molecule has 38 heavy (non-hydrogen) atoms. The number of nitrogens with two attached hydrogens (primary N) is 1. The van der Waals surface area contributed by atoms with Crippen LogP contribution < -0.4 is 26.0 Å². The van der Waals surface area contributed by atoms with Crippen LogP contribution in [0.2, 0.25) is 0 Å². The van der Waals surface area contributed by atoms with Crippen molar-refractivity contribution < 1.29 is 19.4 Å². The Balaban J connectivity index is 1.56. The predicted octanol–water partition coefficient (Wildman–Crippen LogP) is 3.47. The molecule has 10 heteroatoms. The van der Waals surface area contributed by atoms with Crippen molar-refractivity contribution in [1.82, 2.24) is 15.3 Å². The van der Waals surface area contributed by atoms with Crippen molar-refractivity contribution in [2.24, 2.45) is 0 Å². The number of aliphatic hydroxyl groups is 1. The maximum absolute atomic E-state index is 13.2. The van der Waals surface area contributed by atoms with Gasteiger partial charge in [-0.2, -0.15) is 0 Å². The van der Waals surface area contributed by atoms with E-state index >= 15 is 0 Å². The second-order valence-corrected chi connectivity index (χ2v) is 8.73. The van der Waals surface area contributed by atoms with Crippen LogP contribution in [-0.4, -0.2) is 53.2 Å². The first kappa shape index (κ1) is 26.5. The van der Waals surface area contributed by atoms with Gasteiger partial charge in [0.1, 0.15) is 5.75 Å². The number of nitrogens with zero attached hydrogens (tertiary/aromatic N) is 2. The summed E-state index contributed by atoms with van der Waals surface area (Å²) in [5.74, 6) is -0.235. The second-order valence-electron chi connectivity index (χ2n) is 8.73. The topological polar surface area (TPSA) is 146 Å². The van der Waals surface area contributed by atoms with Gasteiger partial charge in [-0.25, -0.2) is 4.98 Å². The molecule has 0 saturated carbocycles. The van der Waals surface area contributed by atoms with Gasteiger partial charge in [-0.1, -0.05) is 12.1 Å². The fraction of sp³-hybridized carbons (Fsp3) is 0.250. The molecule has 1 aromatic heterocycles. The van der Waals surface area contributed by atoms with E-state index in [0.29, 0.717) is 33.6 Å². The maximum Gasteiger partial charge on any atom is 0.255 e. The number of nitrogens with one attached hydrogen (secondary N) is 3. The number of hydrogen-bond acceptors (Lipinski definition) is 7. The van der Waals surface area contributed by atoms with Crippen LogP contribution in [0.3, 0.4) is 0 Å². The standard InChI is InChI=1S/C28H32N6O4/c1-4-34(5-2)20-11-6-18(7-12-20)26(36)33-24(17-8-13-21(38-3)14-9-17)25(35)27(37)30-19-10-15-22-23(16-19)32-28(29)31-22/h6-16,24-25,35H,4-5H2,1-3H3,(H,30,37)(H,33,36)(H3,29,31,32). The van der Waals surface area contributed by atoms with Crippen molar-refractivity contribution in [3.8, 4) is 5.75 Å². The average Bonchev–Trinajstić information content (AvgIpc) is 3.31. The smallest absolute Gasteiger partial charge is 0.255 e. The monoisotopic (exact) mass is 516 g/mol. The number of hydrogen-bond donors (Lipinski definition) is 5. The van der Waals surface area contributed by atoms with Crippen molar-refractivity contribution in [1.29, 1.82) is 0 Å². The number of carbonyl (C=O) groups is 2. The Bertz CT molecular complexity index is 1400. The Labute approximate surface area is 220 Å². The minimum absolute atomic E-state index is 0.260. The molecule has 4 aromatic rings. The summed E-state index contributed by atoms with van der Waals surface area (Å²) in [4.78, 5) is 35.5. The highest BCUT2D eigenvalue weighted by Crippen LogP contribution is 2.24. The molecule has 4 rings (SSSR count). The van der Waals surface area contributed by atoms with E-state index in [1.54, 1.807) is 61.7 Å². The Kier molecular flexibility index (Phi) is 8.12. The highest BCUT2D eigenvalue weighted by molar-refractivity contribution is 5.98. The number of methoxy groups -OCH3 is 1. The molecular weight excluding hydrogens is 484 g/mol. The van der Waals surface area contributed by atoms with Crippen LogP contribution >= 0.6 is 0 Å². The summed E-state index contributed by atoms with van der Waals surface area (Å²) in [6, 6.07) is 18.0. The molecule has 1 heterocycles. The summed E-state index contributed by atoms with van der Waals surface area (Å²) in [5, 5.41) is 16.6. The Morgan fingerprint density at radius 1 is 1.05 bits per heavy atom. The number of fused-ring (bicyclic) bond motifs is 1. The fourth-order valence-corrected chi connectivity index (χ4v) is 4.27. The molecule has 3 aromatic carbocycles. The first-order valence-corrected chi connectivity index (χ1v) is 12.4. The Morgan fingerprint density at radius 2 is 1.74 bits per heavy atom. The fourth-order valence-electron chi connectivity index (χ4n) is 4.27. The first-order valence-electron chi connectivity index (χ1n) is 12.4. The molecule has 2 amide bonds. The highest BCUT2D eigenvalue weighted by atomic mass is 16.5. The molecule has 0 bridgehead atoms. The minimum Gasteiger partial charge on any atom is -0.497 e. The van der Waals surface area contributed by atoms with E-state index in [9.17, 15) is 14.7 Å². The number of aromatic nitrogens is 2. The molecule has 2 atom stereocenters. The van der Waals surface area contributed by atoms with Crippen molar-refractivity contribution in [3.05, 3.63) is 77.9 Å². The number of carbonyl (C=O) groups excluding carboxylic acids is 2. The third kappa shape index (κ3) is 5.87. The molecule has 0 spiro atoms. The van der Waals surface area contributed by atoms with Crippen LogP contribution in [0.5, 0.6) is 5.75 Å². The number of anilines is 3. The van der Waals surface area contributed by atoms with Crippen molar-refractivity contribution >= 4 is 40.2 Å². The van der Waals surface area contributed by atoms with Gasteiger partial charge in [-0.05, 0) is 74.0 Å². The van der Waals surface area contributed by atoms with Gasteiger partial charge in [0.25, 0.3) is 11.8 Å². The number of H-pyrrole nitrogens is 1. The molecule has 198 valence electrons. The first-order chi connectivity index (χ1) is 18.3. The van der Waals surface area contributed by atoms with E-state index in [1.165, 1.54) is 0 Å². The summed E-state index contributed by atoms with van der Waals surface area (Å²) in [5.41, 5.74) is 9.39. The van der Waals surface area contributed by atoms with Crippen molar-refractivity contribution in [2.75, 3.05) is 36.1 Å². The zero-order chi connectivity index (χ0) is 27.2. The number of ether oxygens (including phenoxy) is 1. The van der Waals surface area contributed by atoms with Crippen molar-refractivity contribution in [3.63, 3.8) is 0 Å². The van der Waals surface area contributed by atoms with Gasteiger partial charge >= 0.3 is 0 Å². The lowest BCUT2D eigenvalue weighted by Gasteiger charge is -2.25. The summed E-state index contributed by atoms with van der Waals surface area (Å²) in [6.45, 7) is 5.84. The van der Waals surface area contributed by atoms with Crippen LogP contribution in [0.1, 0.15) is 35.8 Å². The van der Waals surface area contributed by atoms with Crippen LogP contribution in [0.15, 0.2) is 66.7 Å². The molecule has 0 aliphatic rings. The zero-order valence-electron chi connectivity index (χ0n) is 21.6. The normalized spacial score (nSPS) is 12.5. The molecule has 0 radical (unpaired) electrons. The summed E-state index contributed by atoms with van der Waals surface area (Å²) in [6.07, 6.45) is -1.59. The lowest BCUT2D eigenvalue weighted by Crippen LogP contribution is -2.42. The Morgan fingerprint density at radius 3 is 2.37 bits per heavy atom. The molecule has 0 saturated heterocycles. The third-order valence-electron chi connectivity index (χ3n) is 6.37. The van der Waals surface area contributed by atoms with Gasteiger partial charge in [0.15, 0.2) is 12.1 Å². The van der Waals surface area contributed by atoms with Crippen LogP contribution in [0, 0.1) is 0 Å². The minimum atomic E-state index is -1.59. The van der Waals surface area contributed by atoms with Crippen LogP contribution in [0.25, 0.3) is 11.0 Å². The summed E-state index contributed by atoms with van der Waals surface area (Å²) < 4.78 is 5.22. The summed E-state index contributed by atoms with van der Waals surface area (Å²) in [7, 11) is 1.54. The van der Waals surface area contributed by atoms with Gasteiger partial charge in [0, 0.05) is 30.0 Å². The largest absolute Gasteiger partial charge is 0.497 e. The second kappa shape index (κ2) is 11.7. The SMILES string of the molecule is CCN(CC)c1ccc(C(=O)NC(c2ccc(OC)cc2)C(O)C(=O)Nc2ccc3nc(N)[nH]c3c2)cc1. The number of aromatic amines is 1. The van der Waals surface area contributed by atoms with Crippen molar-refractivity contribution in [2.45, 2.75) is 26.0 Å². The lowest BCUT2D eigenvalue weighted by atomic mass is 9.99. The molecule has 2 unspecified atom stereocenters. The van der Waals surface area contributed by atoms with Gasteiger partial charge in [-0.3, -0.25) is 9.59 Å². The highest BCUT2D eigenvalue weighted by Gasteiger charge is 2.30. The van der Waals surface area contributed by atoms with Gasteiger partial charge in [0.05, 0.1) is 24.2 Å². The summed E-state index contributed by atoms with van der Waals surface area (Å²) >= 11 is 0. The Hall–Kier alpha value is -4.57. The number of aliphatic hydroxyl groups excluding tert-OH is 1. The zero-order valence-corrected chi connectivity index (χ0v) is 21.6. The molecule has 6 N–H and O–H groups in total. The number of imidazole rings is 1. The molecule has 0 aliphatic carbocycles. The van der Waals surface area contributed by atoms with E-state index < -0.39 is 24.0 Å². The van der Waals surface area contributed by atoms with E-state index in [1.807, 2.05) is 12.1 Å². The van der Waals surface area contributed by atoms with E-state index in [0.717, 1.165) is 18.8 Å². The van der Waals surface area contributed by atoms with Gasteiger partial charge in [0.2, 0.25) is 0 Å². The van der Waals surface area contributed by atoms with E-state index in [-0.39, 0.29) is 5.95 Å². The quantitative estimate of drug-likeness (QED) is 0.217. The predicted molar refractivity (Wildman–Crippen MR) is 148 cm³/mol. The average molecular weight is 517 g/mol. The van der Waals surface area contributed by atoms with Crippen LogP contribution in [-0.2, 0) is 4.79 Å². The van der Waals surface area contributed by atoms with Gasteiger partial charge < -0.3 is 36.1 Å². The van der Waals surface area contributed by atoms with Gasteiger partial charge in [-0.15, -0.1) is 0 Å². The molecule has 0 aliphatic heterocycles. The number of amides is 2. The molecule has 10 nitrogen and oxygen atoms in total. The number of nitrogen functional groups attached to an aromatic ring is 1. The maximum atomic E-state index is 13.2. The van der Waals surface area contributed by atoms with Crippen LogP contribution in [0.4, 0.5) is 17.3 Å².